The third-order valence-corrected chi connectivity index (χ3v) is 5.33. The molecule has 0 aliphatic heterocycles. The zero-order valence-electron chi connectivity index (χ0n) is 13.3. The van der Waals surface area contributed by atoms with Crippen molar-refractivity contribution in [2.24, 2.45) is 0 Å². The van der Waals surface area contributed by atoms with Crippen LogP contribution in [0.1, 0.15) is 20.3 Å². The molecule has 23 heavy (non-hydrogen) atoms. The second-order valence-electron chi connectivity index (χ2n) is 4.94. The smallest absolute Gasteiger partial charge is 0.330 e. The number of nitrogens with two attached hydrogens (primary N) is 1. The van der Waals surface area contributed by atoms with Crippen molar-refractivity contribution < 1.29 is 18.7 Å². The molecule has 0 bridgehead atoms. The predicted molar refractivity (Wildman–Crippen MR) is 86.1 cm³/mol. The molecule has 1 atom stereocenters. The first-order valence-corrected chi connectivity index (χ1v) is 9.19. The minimum absolute atomic E-state index is 0.152. The summed E-state index contributed by atoms with van der Waals surface area (Å²) in [5.41, 5.74) is 6.77. The van der Waals surface area contributed by atoms with E-state index < -0.39 is 13.7 Å². The standard InChI is InChI=1S/C13H22N5O4P/c1-3-21-23(20,22-4-2)6-5-10(19)7-18-9-17-11-12(14)15-8-16-13(11)18/h8-10,19H,3-7H2,1-2H3,(H2,14,15,16)/t10-/m1/s1. The van der Waals surface area contributed by atoms with Gasteiger partial charge < -0.3 is 24.5 Å². The van der Waals surface area contributed by atoms with E-state index in [2.05, 4.69) is 15.0 Å². The Morgan fingerprint density at radius 1 is 1.30 bits per heavy atom. The largest absolute Gasteiger partial charge is 0.391 e. The van der Waals surface area contributed by atoms with Crippen LogP contribution in [-0.4, -0.2) is 50.1 Å². The van der Waals surface area contributed by atoms with Gasteiger partial charge in [0, 0.05) is 0 Å². The Bertz CT molecular complexity index is 682. The Morgan fingerprint density at radius 3 is 2.65 bits per heavy atom. The van der Waals surface area contributed by atoms with Crippen LogP contribution in [0.2, 0.25) is 0 Å². The number of anilines is 1. The van der Waals surface area contributed by atoms with Gasteiger partial charge in [-0.2, -0.15) is 0 Å². The van der Waals surface area contributed by atoms with E-state index in [4.69, 9.17) is 14.8 Å². The normalized spacial score (nSPS) is 13.5. The topological polar surface area (TPSA) is 125 Å². The zero-order valence-corrected chi connectivity index (χ0v) is 14.1. The number of rotatable bonds is 9. The van der Waals surface area contributed by atoms with E-state index in [1.54, 1.807) is 24.7 Å². The van der Waals surface area contributed by atoms with Gasteiger partial charge in [0.1, 0.15) is 11.8 Å². The van der Waals surface area contributed by atoms with Crippen LogP contribution in [0.25, 0.3) is 11.2 Å². The fourth-order valence-corrected chi connectivity index (χ4v) is 3.95. The molecule has 0 aliphatic carbocycles. The lowest BCUT2D eigenvalue weighted by Gasteiger charge is -2.19. The fourth-order valence-electron chi connectivity index (χ4n) is 2.22. The summed E-state index contributed by atoms with van der Waals surface area (Å²) in [5.74, 6) is 0.292. The molecule has 0 amide bonds. The van der Waals surface area contributed by atoms with E-state index in [1.165, 1.54) is 6.33 Å². The first kappa shape index (κ1) is 17.8. The highest BCUT2D eigenvalue weighted by Crippen LogP contribution is 2.48. The van der Waals surface area contributed by atoms with Crippen LogP contribution in [0.3, 0.4) is 0 Å². The second-order valence-corrected chi connectivity index (χ2v) is 7.13. The highest BCUT2D eigenvalue weighted by atomic mass is 31.2. The number of nitrogen functional groups attached to an aromatic ring is 1. The van der Waals surface area contributed by atoms with Crippen LogP contribution in [0.4, 0.5) is 5.82 Å². The van der Waals surface area contributed by atoms with Gasteiger partial charge in [-0.3, -0.25) is 4.57 Å². The summed E-state index contributed by atoms with van der Waals surface area (Å²) in [5, 5.41) is 10.2. The molecule has 2 heterocycles. The fraction of sp³-hybridized carbons (Fsp3) is 0.615. The Hall–Kier alpha value is -1.54. The lowest BCUT2D eigenvalue weighted by molar-refractivity contribution is 0.146. The monoisotopic (exact) mass is 343 g/mol. The van der Waals surface area contributed by atoms with Crippen LogP contribution in [0.5, 0.6) is 0 Å². The van der Waals surface area contributed by atoms with E-state index >= 15 is 0 Å². The van der Waals surface area contributed by atoms with Crippen LogP contribution < -0.4 is 5.73 Å². The summed E-state index contributed by atoms with van der Waals surface area (Å²) in [4.78, 5) is 12.1. The average molecular weight is 343 g/mol. The van der Waals surface area contributed by atoms with Crippen LogP contribution in [-0.2, 0) is 20.2 Å². The van der Waals surface area contributed by atoms with Crippen molar-refractivity contribution >= 4 is 24.6 Å². The van der Waals surface area contributed by atoms with Gasteiger partial charge in [0.05, 0.1) is 38.4 Å². The number of nitrogens with zero attached hydrogens (tertiary/aromatic N) is 4. The van der Waals surface area contributed by atoms with Crippen LogP contribution in [0, 0.1) is 0 Å². The lowest BCUT2D eigenvalue weighted by atomic mass is 10.3. The van der Waals surface area contributed by atoms with Crippen molar-refractivity contribution in [1.82, 2.24) is 19.5 Å². The predicted octanol–water partition coefficient (Wildman–Crippen LogP) is 1.43. The molecule has 0 spiro atoms. The van der Waals surface area contributed by atoms with Crippen molar-refractivity contribution in [2.75, 3.05) is 25.1 Å². The van der Waals surface area contributed by atoms with Gasteiger partial charge >= 0.3 is 7.60 Å². The van der Waals surface area contributed by atoms with Gasteiger partial charge in [0.15, 0.2) is 11.5 Å². The van der Waals surface area contributed by atoms with Gasteiger partial charge in [-0.25, -0.2) is 15.0 Å². The number of aliphatic hydroxyl groups excluding tert-OH is 1. The van der Waals surface area contributed by atoms with E-state index in [-0.39, 0.29) is 19.1 Å². The molecule has 0 saturated heterocycles. The summed E-state index contributed by atoms with van der Waals surface area (Å²) < 4.78 is 24.5. The van der Waals surface area contributed by atoms with Crippen molar-refractivity contribution in [3.8, 4) is 0 Å². The van der Waals surface area contributed by atoms with E-state index in [1.807, 2.05) is 0 Å². The summed E-state index contributed by atoms with van der Waals surface area (Å²) in [6.45, 7) is 4.37. The SMILES string of the molecule is CCOP(=O)(CC[C@@H](O)Cn1cnc2c(N)ncnc21)OCC. The maximum Gasteiger partial charge on any atom is 0.330 e. The molecule has 2 aromatic heterocycles. The first-order chi connectivity index (χ1) is 11.0. The van der Waals surface area contributed by atoms with Crippen molar-refractivity contribution in [1.29, 1.82) is 0 Å². The minimum Gasteiger partial charge on any atom is -0.391 e. The molecule has 0 aliphatic rings. The third kappa shape index (κ3) is 4.48. The molecular weight excluding hydrogens is 321 g/mol. The minimum atomic E-state index is -3.15. The second kappa shape index (κ2) is 7.83. The first-order valence-electron chi connectivity index (χ1n) is 7.46. The molecule has 0 unspecified atom stereocenters. The number of hydrogen-bond acceptors (Lipinski definition) is 8. The maximum atomic E-state index is 12.4. The zero-order chi connectivity index (χ0) is 16.9. The van der Waals surface area contributed by atoms with Crippen LogP contribution >= 0.6 is 7.60 Å². The molecule has 3 N–H and O–H groups in total. The Kier molecular flexibility index (Phi) is 6.06. The van der Waals surface area contributed by atoms with Gasteiger partial charge in [0.25, 0.3) is 0 Å². The number of aromatic nitrogens is 4. The quantitative estimate of drug-likeness (QED) is 0.655. The lowest BCUT2D eigenvalue weighted by Crippen LogP contribution is -2.18. The Labute approximate surface area is 134 Å². The summed E-state index contributed by atoms with van der Waals surface area (Å²) in [6.07, 6.45) is 2.58. The van der Waals surface area contributed by atoms with E-state index in [0.29, 0.717) is 30.2 Å². The number of fused-ring (bicyclic) bond motifs is 1. The molecule has 128 valence electrons. The van der Waals surface area contributed by atoms with E-state index in [0.717, 1.165) is 0 Å². The molecule has 9 nitrogen and oxygen atoms in total. The van der Waals surface area contributed by atoms with Gasteiger partial charge in [-0.1, -0.05) is 0 Å². The third-order valence-electron chi connectivity index (χ3n) is 3.22. The summed E-state index contributed by atoms with van der Waals surface area (Å²) >= 11 is 0. The van der Waals surface area contributed by atoms with Gasteiger partial charge in [-0.15, -0.1) is 0 Å². The van der Waals surface area contributed by atoms with Crippen molar-refractivity contribution in [2.45, 2.75) is 32.9 Å². The molecule has 0 fully saturated rings. The highest BCUT2D eigenvalue weighted by Gasteiger charge is 2.25. The highest BCUT2D eigenvalue weighted by molar-refractivity contribution is 7.53. The van der Waals surface area contributed by atoms with E-state index in [9.17, 15) is 9.67 Å². The summed E-state index contributed by atoms with van der Waals surface area (Å²) in [6, 6.07) is 0. The number of aliphatic hydroxyl groups is 1. The summed E-state index contributed by atoms with van der Waals surface area (Å²) in [7, 11) is -3.15. The molecular formula is C13H22N5O4P. The van der Waals surface area contributed by atoms with Crippen LogP contribution in [0.15, 0.2) is 12.7 Å². The maximum absolute atomic E-state index is 12.4. The Balaban J connectivity index is 2.00. The van der Waals surface area contributed by atoms with Crippen molar-refractivity contribution in [3.63, 3.8) is 0 Å². The number of hydrogen-bond donors (Lipinski definition) is 2. The van der Waals surface area contributed by atoms with Gasteiger partial charge in [0.2, 0.25) is 0 Å². The molecule has 10 heteroatoms. The molecule has 0 radical (unpaired) electrons. The molecule has 2 rings (SSSR count). The number of imidazole rings is 1. The Morgan fingerprint density at radius 2 is 2.00 bits per heavy atom. The molecule has 0 saturated carbocycles. The van der Waals surface area contributed by atoms with Crippen molar-refractivity contribution in [3.05, 3.63) is 12.7 Å². The average Bonchev–Trinajstić information content (AvgIpc) is 2.91. The molecule has 0 aromatic carbocycles. The van der Waals surface area contributed by atoms with Gasteiger partial charge in [-0.05, 0) is 20.3 Å². The molecule has 2 aromatic rings.